The molecule has 4 rings (SSSR count). The van der Waals surface area contributed by atoms with Gasteiger partial charge in [0.25, 0.3) is 0 Å². The Morgan fingerprint density at radius 2 is 2.03 bits per heavy atom. The molecule has 1 aliphatic rings. The number of aliphatic hydroxyl groups is 1. The molecule has 11 heteroatoms. The van der Waals surface area contributed by atoms with Crippen LogP contribution in [0.25, 0.3) is 10.9 Å². The number of benzene rings is 1. The number of aromatic nitrogens is 3. The van der Waals surface area contributed by atoms with E-state index in [4.69, 9.17) is 4.74 Å². The minimum absolute atomic E-state index is 0.0263. The highest BCUT2D eigenvalue weighted by Crippen LogP contribution is 2.40. The van der Waals surface area contributed by atoms with E-state index in [2.05, 4.69) is 20.6 Å². The number of hydrogen-bond acceptors (Lipinski definition) is 7. The molecule has 0 saturated carbocycles. The zero-order valence-corrected chi connectivity index (χ0v) is 20.7. The van der Waals surface area contributed by atoms with Crippen LogP contribution in [0, 0.1) is 5.92 Å². The van der Waals surface area contributed by atoms with E-state index in [1.54, 1.807) is 16.7 Å². The fourth-order valence-corrected chi connectivity index (χ4v) is 5.30. The van der Waals surface area contributed by atoms with Crippen LogP contribution in [-0.4, -0.2) is 45.0 Å². The molecule has 1 aromatic carbocycles. The van der Waals surface area contributed by atoms with Gasteiger partial charge in [-0.15, -0.1) is 11.8 Å². The fourth-order valence-electron chi connectivity index (χ4n) is 4.68. The topological polar surface area (TPSA) is 80.5 Å². The van der Waals surface area contributed by atoms with E-state index in [1.807, 2.05) is 32.2 Å². The first-order valence-electron chi connectivity index (χ1n) is 11.3. The third-order valence-electron chi connectivity index (χ3n) is 6.14. The highest BCUT2D eigenvalue weighted by molar-refractivity contribution is 7.98. The number of hydrogen-bond donors (Lipinski definition) is 1. The number of alkyl halides is 3. The number of ether oxygens (including phenoxy) is 1. The Morgan fingerprint density at radius 1 is 1.29 bits per heavy atom. The number of anilines is 1. The zero-order chi connectivity index (χ0) is 25.5. The van der Waals surface area contributed by atoms with Crippen LogP contribution in [-0.2, 0) is 24.1 Å². The number of halogens is 3. The molecule has 0 radical (unpaired) electrons. The first-order valence-corrected chi connectivity index (χ1v) is 12.5. The van der Waals surface area contributed by atoms with E-state index in [0.29, 0.717) is 13.1 Å². The van der Waals surface area contributed by atoms with E-state index in [0.717, 1.165) is 33.3 Å². The normalized spacial score (nSPS) is 16.1. The van der Waals surface area contributed by atoms with Crippen LogP contribution < -0.4 is 4.90 Å². The summed E-state index contributed by atoms with van der Waals surface area (Å²) in [6, 6.07) is 5.74. The Balaban J connectivity index is 1.82. The summed E-state index contributed by atoms with van der Waals surface area (Å²) in [6.07, 6.45) is -1.98. The maximum Gasteiger partial charge on any atom is 0.434 e. The molecule has 7 nitrogen and oxygen atoms in total. The number of esters is 1. The summed E-state index contributed by atoms with van der Waals surface area (Å²) >= 11 is 1.56. The number of carbonyl (C=O) groups is 1. The van der Waals surface area contributed by atoms with Crippen molar-refractivity contribution in [3.63, 3.8) is 0 Å². The minimum Gasteiger partial charge on any atom is -0.462 e. The minimum atomic E-state index is -4.84. The van der Waals surface area contributed by atoms with Crippen molar-refractivity contribution in [2.75, 3.05) is 24.3 Å². The first-order chi connectivity index (χ1) is 16.6. The lowest BCUT2D eigenvalue weighted by molar-refractivity contribution is -0.141. The van der Waals surface area contributed by atoms with E-state index in [9.17, 15) is 23.1 Å². The van der Waals surface area contributed by atoms with E-state index < -0.39 is 23.4 Å². The first kappa shape index (κ1) is 25.3. The van der Waals surface area contributed by atoms with Crippen LogP contribution in [0.15, 0.2) is 29.3 Å². The zero-order valence-electron chi connectivity index (χ0n) is 19.9. The molecule has 3 heterocycles. The molecule has 0 spiro atoms. The summed E-state index contributed by atoms with van der Waals surface area (Å²) in [6.45, 7) is 6.30. The molecule has 1 N–H and O–H groups in total. The SMILES string of the molecule is CCOC(=O)c1cnc(N2CCn3c(cc4cc(CO)c(SC)cc43)C2C(C)C)nc1C(F)(F)F. The van der Waals surface area contributed by atoms with Gasteiger partial charge in [0.05, 0.1) is 19.3 Å². The van der Waals surface area contributed by atoms with Crippen LogP contribution in [0.1, 0.15) is 54.1 Å². The highest BCUT2D eigenvalue weighted by atomic mass is 32.2. The van der Waals surface area contributed by atoms with Crippen LogP contribution in [0.4, 0.5) is 19.1 Å². The molecule has 0 fully saturated rings. The van der Waals surface area contributed by atoms with Crippen LogP contribution in [0.3, 0.4) is 0 Å². The lowest BCUT2D eigenvalue weighted by Crippen LogP contribution is -2.41. The average Bonchev–Trinajstić information content (AvgIpc) is 3.18. The van der Waals surface area contributed by atoms with E-state index in [-0.39, 0.29) is 31.1 Å². The molecule has 0 saturated heterocycles. The predicted octanol–water partition coefficient (Wildman–Crippen LogP) is 5.06. The molecule has 35 heavy (non-hydrogen) atoms. The van der Waals surface area contributed by atoms with Crippen molar-refractivity contribution in [1.82, 2.24) is 14.5 Å². The predicted molar refractivity (Wildman–Crippen MR) is 128 cm³/mol. The number of nitrogens with zero attached hydrogens (tertiary/aromatic N) is 4. The summed E-state index contributed by atoms with van der Waals surface area (Å²) in [7, 11) is 0. The number of fused-ring (bicyclic) bond motifs is 3. The van der Waals surface area contributed by atoms with Crippen molar-refractivity contribution in [1.29, 1.82) is 0 Å². The standard InChI is InChI=1S/C24H27F3N4O3S/c1-5-34-22(33)16-11-28-23(29-21(16)24(25,26)27)31-7-6-30-17-10-19(35-4)15(12-32)8-14(17)9-18(30)20(31)13(2)3/h8-11,13,20,32H,5-7,12H2,1-4H3. The van der Waals surface area contributed by atoms with Gasteiger partial charge in [0.2, 0.25) is 5.95 Å². The summed E-state index contributed by atoms with van der Waals surface area (Å²) < 4.78 is 48.4. The molecule has 1 aliphatic heterocycles. The van der Waals surface area contributed by atoms with Crippen LogP contribution >= 0.6 is 11.8 Å². The molecule has 188 valence electrons. The molecule has 2 aromatic heterocycles. The van der Waals surface area contributed by atoms with Gasteiger partial charge < -0.3 is 19.3 Å². The van der Waals surface area contributed by atoms with Crippen molar-refractivity contribution >= 4 is 34.6 Å². The number of rotatable bonds is 6. The van der Waals surface area contributed by atoms with E-state index >= 15 is 0 Å². The molecule has 1 unspecified atom stereocenters. The molecule has 1 atom stereocenters. The highest BCUT2D eigenvalue weighted by Gasteiger charge is 2.40. The monoisotopic (exact) mass is 508 g/mol. The van der Waals surface area contributed by atoms with Gasteiger partial charge in [-0.25, -0.2) is 14.8 Å². The Morgan fingerprint density at radius 3 is 2.63 bits per heavy atom. The lowest BCUT2D eigenvalue weighted by Gasteiger charge is -2.39. The van der Waals surface area contributed by atoms with Gasteiger partial charge in [-0.2, -0.15) is 13.2 Å². The van der Waals surface area contributed by atoms with Gasteiger partial charge in [0.1, 0.15) is 5.56 Å². The van der Waals surface area contributed by atoms with E-state index in [1.165, 1.54) is 6.92 Å². The second kappa shape index (κ2) is 9.69. The third kappa shape index (κ3) is 4.58. The molecular formula is C24H27F3N4O3S. The fraction of sp³-hybridized carbons (Fsp3) is 0.458. The van der Waals surface area contributed by atoms with Crippen molar-refractivity contribution in [3.8, 4) is 0 Å². The van der Waals surface area contributed by atoms with Gasteiger partial charge in [0, 0.05) is 40.8 Å². The number of carbonyl (C=O) groups excluding carboxylic acids is 1. The maximum absolute atomic E-state index is 13.8. The summed E-state index contributed by atoms with van der Waals surface area (Å²) in [5, 5.41) is 10.7. The molecule has 0 amide bonds. The van der Waals surface area contributed by atoms with Gasteiger partial charge in [-0.3, -0.25) is 0 Å². The second-order valence-corrected chi connectivity index (χ2v) is 9.48. The van der Waals surface area contributed by atoms with Crippen LogP contribution in [0.5, 0.6) is 0 Å². The van der Waals surface area contributed by atoms with Crippen molar-refractivity contribution in [2.24, 2.45) is 5.92 Å². The van der Waals surface area contributed by atoms with Crippen molar-refractivity contribution < 1.29 is 27.8 Å². The quantitative estimate of drug-likeness (QED) is 0.368. The lowest BCUT2D eigenvalue weighted by atomic mass is 9.97. The largest absolute Gasteiger partial charge is 0.462 e. The van der Waals surface area contributed by atoms with Gasteiger partial charge in [0.15, 0.2) is 5.69 Å². The summed E-state index contributed by atoms with van der Waals surface area (Å²) in [5.74, 6) is -1.16. The average molecular weight is 509 g/mol. The number of aliphatic hydroxyl groups excluding tert-OH is 1. The Kier molecular flexibility index (Phi) is 7.01. The maximum atomic E-state index is 13.8. The molecular weight excluding hydrogens is 481 g/mol. The summed E-state index contributed by atoms with van der Waals surface area (Å²) in [5.41, 5.74) is 0.790. The number of thioether (sulfide) groups is 1. The van der Waals surface area contributed by atoms with Gasteiger partial charge in [-0.05, 0) is 42.9 Å². The molecule has 3 aromatic rings. The molecule has 0 aliphatic carbocycles. The third-order valence-corrected chi connectivity index (χ3v) is 6.96. The smallest absolute Gasteiger partial charge is 0.434 e. The second-order valence-electron chi connectivity index (χ2n) is 8.63. The Hall–Kier alpha value is -2.79. The Labute approximate surface area is 205 Å². The van der Waals surface area contributed by atoms with Gasteiger partial charge >= 0.3 is 12.1 Å². The molecule has 0 bridgehead atoms. The van der Waals surface area contributed by atoms with Crippen molar-refractivity contribution in [2.45, 2.75) is 51.0 Å². The van der Waals surface area contributed by atoms with Crippen molar-refractivity contribution in [3.05, 3.63) is 46.9 Å². The summed E-state index contributed by atoms with van der Waals surface area (Å²) in [4.78, 5) is 22.8. The van der Waals surface area contributed by atoms with Gasteiger partial charge in [-0.1, -0.05) is 13.8 Å². The van der Waals surface area contributed by atoms with Crippen LogP contribution in [0.2, 0.25) is 0 Å². The Bertz CT molecular complexity index is 1260.